The third-order valence-corrected chi connectivity index (χ3v) is 3.34. The molecule has 3 nitrogen and oxygen atoms in total. The Labute approximate surface area is 96.5 Å². The van der Waals surface area contributed by atoms with Crippen LogP contribution in [0.1, 0.15) is 42.7 Å². The van der Waals surface area contributed by atoms with Gasteiger partial charge in [-0.05, 0) is 45.7 Å². The zero-order valence-corrected chi connectivity index (χ0v) is 10.1. The first-order chi connectivity index (χ1) is 7.59. The van der Waals surface area contributed by atoms with Crippen molar-refractivity contribution in [3.8, 4) is 0 Å². The summed E-state index contributed by atoms with van der Waals surface area (Å²) in [5.41, 5.74) is 1.64. The molecule has 1 aliphatic rings. The summed E-state index contributed by atoms with van der Waals surface area (Å²) in [6, 6.07) is 4.45. The molecular formula is C13H18N2O. The highest BCUT2D eigenvalue weighted by Gasteiger charge is 2.31. The number of pyridine rings is 1. The normalized spacial score (nSPS) is 24.8. The van der Waals surface area contributed by atoms with Crippen LogP contribution in [-0.2, 0) is 0 Å². The van der Waals surface area contributed by atoms with Crippen molar-refractivity contribution in [2.75, 3.05) is 0 Å². The summed E-state index contributed by atoms with van der Waals surface area (Å²) >= 11 is 0. The molecule has 2 heterocycles. The van der Waals surface area contributed by atoms with Crippen molar-refractivity contribution in [2.45, 2.75) is 45.7 Å². The SMILES string of the molecule is Cc1ccc(C(=O)N2C(C)CCC2C)cn1. The predicted octanol–water partition coefficient (Wildman–Crippen LogP) is 2.40. The van der Waals surface area contributed by atoms with Gasteiger partial charge >= 0.3 is 0 Å². The van der Waals surface area contributed by atoms with Gasteiger partial charge in [-0.2, -0.15) is 0 Å². The summed E-state index contributed by atoms with van der Waals surface area (Å²) in [7, 11) is 0. The van der Waals surface area contributed by atoms with Crippen LogP contribution in [0.5, 0.6) is 0 Å². The number of likely N-dealkylation sites (tertiary alicyclic amines) is 1. The number of hydrogen-bond acceptors (Lipinski definition) is 2. The summed E-state index contributed by atoms with van der Waals surface area (Å²) in [6.45, 7) is 6.15. The molecule has 0 N–H and O–H groups in total. The fourth-order valence-corrected chi connectivity index (χ4v) is 2.34. The van der Waals surface area contributed by atoms with Crippen molar-refractivity contribution in [3.05, 3.63) is 29.6 Å². The van der Waals surface area contributed by atoms with Gasteiger partial charge in [-0.25, -0.2) is 0 Å². The molecule has 1 saturated heterocycles. The van der Waals surface area contributed by atoms with E-state index in [9.17, 15) is 4.79 Å². The Morgan fingerprint density at radius 2 is 1.94 bits per heavy atom. The van der Waals surface area contributed by atoms with Gasteiger partial charge in [-0.15, -0.1) is 0 Å². The van der Waals surface area contributed by atoms with E-state index in [2.05, 4.69) is 18.8 Å². The Bertz CT molecular complexity index is 375. The Hall–Kier alpha value is -1.38. The van der Waals surface area contributed by atoms with Crippen LogP contribution in [0.2, 0.25) is 0 Å². The number of carbonyl (C=O) groups is 1. The number of amides is 1. The highest BCUT2D eigenvalue weighted by atomic mass is 16.2. The largest absolute Gasteiger partial charge is 0.333 e. The zero-order chi connectivity index (χ0) is 11.7. The second-order valence-electron chi connectivity index (χ2n) is 4.68. The molecule has 1 aromatic rings. The second kappa shape index (κ2) is 4.24. The van der Waals surface area contributed by atoms with Gasteiger partial charge in [0.1, 0.15) is 0 Å². The van der Waals surface area contributed by atoms with Crippen LogP contribution >= 0.6 is 0 Å². The minimum Gasteiger partial charge on any atom is -0.333 e. The van der Waals surface area contributed by atoms with E-state index in [1.165, 1.54) is 0 Å². The van der Waals surface area contributed by atoms with Gasteiger partial charge in [0.2, 0.25) is 0 Å². The average Bonchev–Trinajstić information content (AvgIpc) is 2.59. The van der Waals surface area contributed by atoms with E-state index >= 15 is 0 Å². The molecule has 1 aliphatic heterocycles. The Morgan fingerprint density at radius 3 is 2.44 bits per heavy atom. The molecule has 3 heteroatoms. The van der Waals surface area contributed by atoms with Crippen molar-refractivity contribution in [3.63, 3.8) is 0 Å². The Balaban J connectivity index is 2.21. The molecule has 0 saturated carbocycles. The first kappa shape index (κ1) is 11.1. The van der Waals surface area contributed by atoms with Gasteiger partial charge in [0, 0.05) is 24.0 Å². The smallest absolute Gasteiger partial charge is 0.255 e. The molecule has 0 spiro atoms. The fourth-order valence-electron chi connectivity index (χ4n) is 2.34. The van der Waals surface area contributed by atoms with Crippen molar-refractivity contribution in [1.29, 1.82) is 0 Å². The molecule has 0 bridgehead atoms. The minimum absolute atomic E-state index is 0.116. The number of hydrogen-bond donors (Lipinski definition) is 0. The van der Waals surface area contributed by atoms with Crippen molar-refractivity contribution >= 4 is 5.91 Å². The van der Waals surface area contributed by atoms with Crippen molar-refractivity contribution in [1.82, 2.24) is 9.88 Å². The molecule has 86 valence electrons. The van der Waals surface area contributed by atoms with E-state index < -0.39 is 0 Å². The maximum Gasteiger partial charge on any atom is 0.255 e. The molecular weight excluding hydrogens is 200 g/mol. The van der Waals surface area contributed by atoms with Gasteiger partial charge < -0.3 is 4.90 Å². The summed E-state index contributed by atoms with van der Waals surface area (Å²) < 4.78 is 0. The predicted molar refractivity (Wildman–Crippen MR) is 63.3 cm³/mol. The standard InChI is InChI=1S/C13H18N2O/c1-9-4-7-12(8-14-9)13(16)15-10(2)5-6-11(15)3/h4,7-8,10-11H,5-6H2,1-3H3. The monoisotopic (exact) mass is 218 g/mol. The summed E-state index contributed by atoms with van der Waals surface area (Å²) in [4.78, 5) is 18.4. The highest BCUT2D eigenvalue weighted by Crippen LogP contribution is 2.25. The summed E-state index contributed by atoms with van der Waals surface area (Å²) in [6.07, 6.45) is 3.88. The lowest BCUT2D eigenvalue weighted by atomic mass is 10.2. The van der Waals surface area contributed by atoms with Crippen molar-refractivity contribution in [2.24, 2.45) is 0 Å². The number of aromatic nitrogens is 1. The topological polar surface area (TPSA) is 33.2 Å². The van der Waals surface area contributed by atoms with Gasteiger partial charge in [0.05, 0.1) is 5.56 Å². The van der Waals surface area contributed by atoms with Crippen LogP contribution < -0.4 is 0 Å². The van der Waals surface area contributed by atoms with Gasteiger partial charge in [0.15, 0.2) is 0 Å². The van der Waals surface area contributed by atoms with Crippen LogP contribution in [-0.4, -0.2) is 27.9 Å². The number of rotatable bonds is 1. The van der Waals surface area contributed by atoms with E-state index in [0.717, 1.165) is 18.5 Å². The molecule has 1 amide bonds. The molecule has 2 unspecified atom stereocenters. The summed E-state index contributed by atoms with van der Waals surface area (Å²) in [5.74, 6) is 0.116. The summed E-state index contributed by atoms with van der Waals surface area (Å²) in [5, 5.41) is 0. The Kier molecular flexibility index (Phi) is 2.95. The zero-order valence-electron chi connectivity index (χ0n) is 10.1. The van der Waals surface area contributed by atoms with Gasteiger partial charge in [-0.1, -0.05) is 0 Å². The maximum absolute atomic E-state index is 12.3. The fraction of sp³-hybridized carbons (Fsp3) is 0.538. The molecule has 2 atom stereocenters. The highest BCUT2D eigenvalue weighted by molar-refractivity contribution is 5.94. The lowest BCUT2D eigenvalue weighted by Gasteiger charge is -2.26. The third-order valence-electron chi connectivity index (χ3n) is 3.34. The van der Waals surface area contributed by atoms with Gasteiger partial charge in [0.25, 0.3) is 5.91 Å². The maximum atomic E-state index is 12.3. The van der Waals surface area contributed by atoms with E-state index in [4.69, 9.17) is 0 Å². The molecule has 2 rings (SSSR count). The van der Waals surface area contributed by atoms with E-state index in [0.29, 0.717) is 17.6 Å². The van der Waals surface area contributed by atoms with E-state index in [1.54, 1.807) is 6.20 Å². The van der Waals surface area contributed by atoms with Crippen LogP contribution in [0, 0.1) is 6.92 Å². The molecule has 0 aromatic carbocycles. The molecule has 16 heavy (non-hydrogen) atoms. The van der Waals surface area contributed by atoms with Crippen LogP contribution in [0.3, 0.4) is 0 Å². The van der Waals surface area contributed by atoms with Crippen LogP contribution in [0.15, 0.2) is 18.3 Å². The van der Waals surface area contributed by atoms with Crippen LogP contribution in [0.4, 0.5) is 0 Å². The van der Waals surface area contributed by atoms with E-state index in [1.807, 2.05) is 24.0 Å². The first-order valence-electron chi connectivity index (χ1n) is 5.85. The lowest BCUT2D eigenvalue weighted by Crippen LogP contribution is -2.38. The van der Waals surface area contributed by atoms with Crippen LogP contribution in [0.25, 0.3) is 0 Å². The first-order valence-corrected chi connectivity index (χ1v) is 5.85. The third kappa shape index (κ3) is 1.94. The average molecular weight is 218 g/mol. The quantitative estimate of drug-likeness (QED) is 0.725. The van der Waals surface area contributed by atoms with Gasteiger partial charge in [-0.3, -0.25) is 9.78 Å². The van der Waals surface area contributed by atoms with E-state index in [-0.39, 0.29) is 5.91 Å². The molecule has 0 radical (unpaired) electrons. The van der Waals surface area contributed by atoms with Crippen molar-refractivity contribution < 1.29 is 4.79 Å². The lowest BCUT2D eigenvalue weighted by molar-refractivity contribution is 0.0692. The number of carbonyl (C=O) groups excluding carboxylic acids is 1. The Morgan fingerprint density at radius 1 is 1.31 bits per heavy atom. The second-order valence-corrected chi connectivity index (χ2v) is 4.68. The molecule has 1 fully saturated rings. The molecule has 0 aliphatic carbocycles. The number of aryl methyl sites for hydroxylation is 1. The minimum atomic E-state index is 0.116. The number of nitrogens with zero attached hydrogens (tertiary/aromatic N) is 2. The molecule has 1 aromatic heterocycles.